The van der Waals surface area contributed by atoms with Gasteiger partial charge in [-0.2, -0.15) is 5.10 Å². The van der Waals surface area contributed by atoms with Crippen LogP contribution in [0.5, 0.6) is 0 Å². The Morgan fingerprint density at radius 1 is 1.07 bits per heavy atom. The van der Waals surface area contributed by atoms with Gasteiger partial charge in [0.05, 0.1) is 17.8 Å². The quantitative estimate of drug-likeness (QED) is 0.560. The van der Waals surface area contributed by atoms with Crippen molar-refractivity contribution >= 4 is 16.7 Å². The van der Waals surface area contributed by atoms with E-state index >= 15 is 0 Å². The number of fused-ring (bicyclic) bond motifs is 1. The third kappa shape index (κ3) is 3.70. The van der Waals surface area contributed by atoms with Crippen molar-refractivity contribution in [1.29, 1.82) is 0 Å². The molecule has 28 heavy (non-hydrogen) atoms. The molecule has 0 aliphatic rings. The number of para-hydroxylation sites is 1. The number of anilines is 1. The summed E-state index contributed by atoms with van der Waals surface area (Å²) in [6.07, 6.45) is 7.47. The first-order valence-electron chi connectivity index (χ1n) is 9.18. The van der Waals surface area contributed by atoms with E-state index in [0.29, 0.717) is 12.4 Å². The molecule has 0 aliphatic carbocycles. The Kier molecular flexibility index (Phi) is 4.99. The Labute approximate surface area is 164 Å². The standard InChI is InChI=1S/C21H23N7/c1-27(2)19(16-12-24-28(3)14-16)13-23-21-17-6-4-5-7-18(17)25-20(26-21)15-8-10-22-11-9-15/h4-12,14,19H,13H2,1-3H3,(H,23,25,26). The summed E-state index contributed by atoms with van der Waals surface area (Å²) < 4.78 is 1.83. The van der Waals surface area contributed by atoms with Crippen LogP contribution < -0.4 is 5.32 Å². The normalized spacial score (nSPS) is 12.4. The van der Waals surface area contributed by atoms with Gasteiger partial charge >= 0.3 is 0 Å². The highest BCUT2D eigenvalue weighted by molar-refractivity contribution is 5.90. The molecule has 0 saturated heterocycles. The zero-order valence-corrected chi connectivity index (χ0v) is 16.2. The van der Waals surface area contributed by atoms with E-state index in [0.717, 1.165) is 27.8 Å². The van der Waals surface area contributed by atoms with Crippen molar-refractivity contribution in [3.05, 3.63) is 66.7 Å². The third-order valence-electron chi connectivity index (χ3n) is 4.74. The Morgan fingerprint density at radius 2 is 1.86 bits per heavy atom. The maximum atomic E-state index is 4.81. The van der Waals surface area contributed by atoms with E-state index in [1.165, 1.54) is 0 Å². The lowest BCUT2D eigenvalue weighted by molar-refractivity contribution is 0.311. The van der Waals surface area contributed by atoms with Crippen LogP contribution >= 0.6 is 0 Å². The first kappa shape index (κ1) is 18.1. The van der Waals surface area contributed by atoms with E-state index in [-0.39, 0.29) is 6.04 Å². The number of hydrogen-bond donors (Lipinski definition) is 1. The van der Waals surface area contributed by atoms with Gasteiger partial charge in [-0.1, -0.05) is 12.1 Å². The second-order valence-electron chi connectivity index (χ2n) is 6.96. The van der Waals surface area contributed by atoms with Crippen molar-refractivity contribution in [2.24, 2.45) is 7.05 Å². The second kappa shape index (κ2) is 7.74. The van der Waals surface area contributed by atoms with Crippen molar-refractivity contribution in [1.82, 2.24) is 29.6 Å². The van der Waals surface area contributed by atoms with Crippen molar-refractivity contribution in [3.63, 3.8) is 0 Å². The molecular weight excluding hydrogens is 350 g/mol. The molecule has 4 rings (SSSR count). The molecule has 3 heterocycles. The summed E-state index contributed by atoms with van der Waals surface area (Å²) in [7, 11) is 6.07. The van der Waals surface area contributed by atoms with Crippen LogP contribution in [0.3, 0.4) is 0 Å². The lowest BCUT2D eigenvalue weighted by Crippen LogP contribution is -2.27. The molecule has 4 aromatic rings. The number of benzene rings is 1. The molecule has 1 unspecified atom stereocenters. The molecule has 0 radical (unpaired) electrons. The Bertz CT molecular complexity index is 1070. The fourth-order valence-corrected chi connectivity index (χ4v) is 3.25. The van der Waals surface area contributed by atoms with E-state index in [1.54, 1.807) is 12.4 Å². The van der Waals surface area contributed by atoms with Crippen molar-refractivity contribution in [3.8, 4) is 11.4 Å². The predicted octanol–water partition coefficient (Wildman–Crippen LogP) is 3.14. The van der Waals surface area contributed by atoms with Gasteiger partial charge in [0.25, 0.3) is 0 Å². The molecule has 1 atom stereocenters. The van der Waals surface area contributed by atoms with Gasteiger partial charge in [-0.25, -0.2) is 9.97 Å². The number of likely N-dealkylation sites (N-methyl/N-ethyl adjacent to an activating group) is 1. The van der Waals surface area contributed by atoms with Gasteiger partial charge in [-0.15, -0.1) is 0 Å². The number of aromatic nitrogens is 5. The van der Waals surface area contributed by atoms with Crippen LogP contribution in [0.2, 0.25) is 0 Å². The Hall–Kier alpha value is -3.32. The van der Waals surface area contributed by atoms with Crippen molar-refractivity contribution in [2.75, 3.05) is 26.0 Å². The highest BCUT2D eigenvalue weighted by Gasteiger charge is 2.17. The molecule has 1 N–H and O–H groups in total. The second-order valence-corrected chi connectivity index (χ2v) is 6.96. The van der Waals surface area contributed by atoms with Gasteiger partial charge in [0, 0.05) is 48.7 Å². The monoisotopic (exact) mass is 373 g/mol. The van der Waals surface area contributed by atoms with Crippen molar-refractivity contribution < 1.29 is 0 Å². The molecule has 0 aliphatic heterocycles. The van der Waals surface area contributed by atoms with E-state index < -0.39 is 0 Å². The lowest BCUT2D eigenvalue weighted by atomic mass is 10.1. The molecule has 0 spiro atoms. The molecule has 3 aromatic heterocycles. The molecule has 0 amide bonds. The number of nitrogens with one attached hydrogen (secondary N) is 1. The van der Waals surface area contributed by atoms with E-state index in [2.05, 4.69) is 34.4 Å². The first-order chi connectivity index (χ1) is 13.6. The van der Waals surface area contributed by atoms with Crippen molar-refractivity contribution in [2.45, 2.75) is 6.04 Å². The summed E-state index contributed by atoms with van der Waals surface area (Å²) in [5, 5.41) is 8.85. The van der Waals surface area contributed by atoms with Gasteiger partial charge in [-0.3, -0.25) is 9.67 Å². The minimum Gasteiger partial charge on any atom is -0.368 e. The fourth-order valence-electron chi connectivity index (χ4n) is 3.25. The van der Waals surface area contributed by atoms with Gasteiger partial charge in [0.1, 0.15) is 5.82 Å². The number of rotatable bonds is 6. The molecule has 0 bridgehead atoms. The van der Waals surface area contributed by atoms with Crippen LogP contribution in [0.4, 0.5) is 5.82 Å². The molecule has 0 fully saturated rings. The minimum atomic E-state index is 0.173. The summed E-state index contributed by atoms with van der Waals surface area (Å²) in [5.74, 6) is 1.51. The topological polar surface area (TPSA) is 71.8 Å². The minimum absolute atomic E-state index is 0.173. The summed E-state index contributed by atoms with van der Waals surface area (Å²) in [6.45, 7) is 0.704. The third-order valence-corrected chi connectivity index (χ3v) is 4.74. The number of hydrogen-bond acceptors (Lipinski definition) is 6. The predicted molar refractivity (Wildman–Crippen MR) is 111 cm³/mol. The smallest absolute Gasteiger partial charge is 0.162 e. The van der Waals surface area contributed by atoms with Crippen LogP contribution in [0, 0.1) is 0 Å². The summed E-state index contributed by atoms with van der Waals surface area (Å²) >= 11 is 0. The van der Waals surface area contributed by atoms with E-state index in [9.17, 15) is 0 Å². The zero-order valence-electron chi connectivity index (χ0n) is 16.2. The molecule has 7 heteroatoms. The largest absolute Gasteiger partial charge is 0.368 e. The Balaban J connectivity index is 1.69. The van der Waals surface area contributed by atoms with Crippen LogP contribution in [0.25, 0.3) is 22.3 Å². The molecule has 7 nitrogen and oxygen atoms in total. The SMILES string of the molecule is CN(C)C(CNc1nc(-c2ccncc2)nc2ccccc12)c1cnn(C)c1. The van der Waals surface area contributed by atoms with E-state index in [1.807, 2.05) is 60.5 Å². The Morgan fingerprint density at radius 3 is 2.57 bits per heavy atom. The molecular formula is C21H23N7. The molecule has 1 aromatic carbocycles. The van der Waals surface area contributed by atoms with Crippen LogP contribution in [-0.2, 0) is 7.05 Å². The number of pyridine rings is 1. The van der Waals surface area contributed by atoms with Crippen LogP contribution in [0.15, 0.2) is 61.2 Å². The highest BCUT2D eigenvalue weighted by atomic mass is 15.2. The van der Waals surface area contributed by atoms with Gasteiger partial charge < -0.3 is 10.2 Å². The van der Waals surface area contributed by atoms with Crippen LogP contribution in [-0.4, -0.2) is 50.3 Å². The summed E-state index contributed by atoms with van der Waals surface area (Å²) in [5.41, 5.74) is 3.02. The molecule has 142 valence electrons. The average Bonchev–Trinajstić information content (AvgIpc) is 3.14. The maximum Gasteiger partial charge on any atom is 0.162 e. The highest BCUT2D eigenvalue weighted by Crippen LogP contribution is 2.26. The first-order valence-corrected chi connectivity index (χ1v) is 9.18. The van der Waals surface area contributed by atoms with Crippen LogP contribution in [0.1, 0.15) is 11.6 Å². The van der Waals surface area contributed by atoms with E-state index in [4.69, 9.17) is 9.97 Å². The lowest BCUT2D eigenvalue weighted by Gasteiger charge is -2.24. The van der Waals surface area contributed by atoms with Gasteiger partial charge in [-0.05, 0) is 38.4 Å². The number of aryl methyl sites for hydroxylation is 1. The van der Waals surface area contributed by atoms with Gasteiger partial charge in [0.2, 0.25) is 0 Å². The van der Waals surface area contributed by atoms with Gasteiger partial charge in [0.15, 0.2) is 5.82 Å². The summed E-state index contributed by atoms with van der Waals surface area (Å²) in [4.78, 5) is 15.8. The zero-order chi connectivity index (χ0) is 19.5. The maximum absolute atomic E-state index is 4.81. The fraction of sp³-hybridized carbons (Fsp3) is 0.238. The molecule has 0 saturated carbocycles. The number of nitrogens with zero attached hydrogens (tertiary/aromatic N) is 6. The summed E-state index contributed by atoms with van der Waals surface area (Å²) in [6, 6.07) is 12.1. The average molecular weight is 373 g/mol.